The summed E-state index contributed by atoms with van der Waals surface area (Å²) in [6.45, 7) is 0. The zero-order chi connectivity index (χ0) is 14.9. The maximum atomic E-state index is 13.1. The SMILES string of the molecule is Cn1cnc(C(=O)Nc2cc(F)c(F)cc2C(=O)O)c1. The van der Waals surface area contributed by atoms with E-state index in [2.05, 4.69) is 10.3 Å². The topological polar surface area (TPSA) is 84.2 Å². The molecule has 1 aromatic carbocycles. The largest absolute Gasteiger partial charge is 0.478 e. The van der Waals surface area contributed by atoms with Crippen molar-refractivity contribution in [1.29, 1.82) is 0 Å². The van der Waals surface area contributed by atoms with Crippen molar-refractivity contribution < 1.29 is 23.5 Å². The molecule has 0 saturated heterocycles. The summed E-state index contributed by atoms with van der Waals surface area (Å²) in [5.74, 6) is -4.77. The number of aromatic nitrogens is 2. The molecule has 8 heteroatoms. The summed E-state index contributed by atoms with van der Waals surface area (Å²) in [5, 5.41) is 11.1. The Balaban J connectivity index is 2.35. The van der Waals surface area contributed by atoms with Crippen LogP contribution in [0.1, 0.15) is 20.8 Å². The molecule has 0 fully saturated rings. The zero-order valence-corrected chi connectivity index (χ0v) is 10.2. The third kappa shape index (κ3) is 2.63. The maximum Gasteiger partial charge on any atom is 0.337 e. The molecule has 1 amide bonds. The van der Waals surface area contributed by atoms with Crippen LogP contribution in [0.25, 0.3) is 0 Å². The minimum atomic E-state index is -1.49. The third-order valence-electron chi connectivity index (χ3n) is 2.48. The molecule has 1 aromatic heterocycles. The van der Waals surface area contributed by atoms with Gasteiger partial charge in [-0.25, -0.2) is 18.6 Å². The van der Waals surface area contributed by atoms with E-state index >= 15 is 0 Å². The molecule has 2 rings (SSSR count). The predicted octanol–water partition coefficient (Wildman–Crippen LogP) is 1.65. The molecule has 0 radical (unpaired) electrons. The highest BCUT2D eigenvalue weighted by Crippen LogP contribution is 2.20. The number of hydrogen-bond acceptors (Lipinski definition) is 3. The Morgan fingerprint density at radius 1 is 1.30 bits per heavy atom. The van der Waals surface area contributed by atoms with Gasteiger partial charge >= 0.3 is 5.97 Å². The summed E-state index contributed by atoms with van der Waals surface area (Å²) in [5.41, 5.74) is -0.867. The molecular formula is C12H9F2N3O3. The Morgan fingerprint density at radius 2 is 1.95 bits per heavy atom. The van der Waals surface area contributed by atoms with Crippen LogP contribution < -0.4 is 5.32 Å². The van der Waals surface area contributed by atoms with Crippen molar-refractivity contribution in [3.8, 4) is 0 Å². The number of nitrogens with zero attached hydrogens (tertiary/aromatic N) is 2. The molecule has 20 heavy (non-hydrogen) atoms. The van der Waals surface area contributed by atoms with Gasteiger partial charge in [-0.05, 0) is 6.07 Å². The van der Waals surface area contributed by atoms with Gasteiger partial charge in [-0.2, -0.15) is 0 Å². The Kier molecular flexibility index (Phi) is 3.47. The van der Waals surface area contributed by atoms with Crippen molar-refractivity contribution >= 4 is 17.6 Å². The molecule has 0 aliphatic heterocycles. The first-order valence-corrected chi connectivity index (χ1v) is 5.40. The Labute approximate surface area is 111 Å². The fraction of sp³-hybridized carbons (Fsp3) is 0.0833. The molecule has 2 aromatic rings. The third-order valence-corrected chi connectivity index (χ3v) is 2.48. The van der Waals surface area contributed by atoms with Crippen LogP contribution >= 0.6 is 0 Å². The number of amides is 1. The van der Waals surface area contributed by atoms with E-state index in [0.717, 1.165) is 0 Å². The Morgan fingerprint density at radius 3 is 2.50 bits per heavy atom. The van der Waals surface area contributed by atoms with Crippen LogP contribution in [0.3, 0.4) is 0 Å². The number of carboxylic acids is 1. The van der Waals surface area contributed by atoms with Crippen LogP contribution in [0, 0.1) is 11.6 Å². The van der Waals surface area contributed by atoms with Gasteiger partial charge in [-0.3, -0.25) is 4.79 Å². The number of anilines is 1. The van der Waals surface area contributed by atoms with Crippen LogP contribution in [-0.4, -0.2) is 26.5 Å². The molecule has 0 bridgehead atoms. The molecule has 1 heterocycles. The van der Waals surface area contributed by atoms with E-state index in [1.54, 1.807) is 7.05 Å². The number of carbonyl (C=O) groups excluding carboxylic acids is 1. The highest BCUT2D eigenvalue weighted by molar-refractivity contribution is 6.06. The van der Waals surface area contributed by atoms with Gasteiger partial charge in [0.1, 0.15) is 5.69 Å². The molecule has 2 N–H and O–H groups in total. The summed E-state index contributed by atoms with van der Waals surface area (Å²) in [6.07, 6.45) is 2.77. The van der Waals surface area contributed by atoms with E-state index in [-0.39, 0.29) is 11.4 Å². The first-order valence-electron chi connectivity index (χ1n) is 5.40. The van der Waals surface area contributed by atoms with E-state index < -0.39 is 29.1 Å². The highest BCUT2D eigenvalue weighted by Gasteiger charge is 2.18. The lowest BCUT2D eigenvalue weighted by atomic mass is 10.1. The fourth-order valence-electron chi connectivity index (χ4n) is 1.54. The Bertz CT molecular complexity index is 697. The summed E-state index contributed by atoms with van der Waals surface area (Å²) >= 11 is 0. The molecule has 0 saturated carbocycles. The van der Waals surface area contributed by atoms with Crippen LogP contribution in [-0.2, 0) is 7.05 Å². The van der Waals surface area contributed by atoms with E-state index in [9.17, 15) is 18.4 Å². The van der Waals surface area contributed by atoms with Crippen LogP contribution in [0.2, 0.25) is 0 Å². The number of benzene rings is 1. The van der Waals surface area contributed by atoms with Gasteiger partial charge < -0.3 is 15.0 Å². The van der Waals surface area contributed by atoms with Crippen LogP contribution in [0.4, 0.5) is 14.5 Å². The zero-order valence-electron chi connectivity index (χ0n) is 10.2. The van der Waals surface area contributed by atoms with Gasteiger partial charge in [-0.15, -0.1) is 0 Å². The van der Waals surface area contributed by atoms with E-state index in [1.807, 2.05) is 0 Å². The number of halogens is 2. The quantitative estimate of drug-likeness (QED) is 0.896. The molecule has 0 atom stereocenters. The van der Waals surface area contributed by atoms with Crippen molar-refractivity contribution in [2.24, 2.45) is 7.05 Å². The first kappa shape index (κ1) is 13.7. The van der Waals surface area contributed by atoms with Gasteiger partial charge in [-0.1, -0.05) is 0 Å². The average Bonchev–Trinajstić information content (AvgIpc) is 2.80. The molecule has 104 valence electrons. The lowest BCUT2D eigenvalue weighted by Crippen LogP contribution is -2.16. The number of aromatic carboxylic acids is 1. The van der Waals surface area contributed by atoms with E-state index in [4.69, 9.17) is 5.11 Å². The van der Waals surface area contributed by atoms with E-state index in [0.29, 0.717) is 12.1 Å². The van der Waals surface area contributed by atoms with Crippen molar-refractivity contribution in [1.82, 2.24) is 9.55 Å². The van der Waals surface area contributed by atoms with Gasteiger partial charge in [0.2, 0.25) is 0 Å². The Hall–Kier alpha value is -2.77. The maximum absolute atomic E-state index is 13.1. The molecule has 0 aliphatic carbocycles. The van der Waals surface area contributed by atoms with Crippen LogP contribution in [0.15, 0.2) is 24.7 Å². The predicted molar refractivity (Wildman–Crippen MR) is 64.5 cm³/mol. The van der Waals surface area contributed by atoms with Gasteiger partial charge in [0.05, 0.1) is 17.6 Å². The number of nitrogens with one attached hydrogen (secondary N) is 1. The van der Waals surface area contributed by atoms with E-state index in [1.165, 1.54) is 17.1 Å². The molecule has 0 aliphatic rings. The van der Waals surface area contributed by atoms with Crippen LogP contribution in [0.5, 0.6) is 0 Å². The summed E-state index contributed by atoms with van der Waals surface area (Å²) in [6, 6.07) is 1.12. The fourth-order valence-corrected chi connectivity index (χ4v) is 1.54. The second-order valence-electron chi connectivity index (χ2n) is 4.00. The van der Waals surface area contributed by atoms with Crippen molar-refractivity contribution in [3.63, 3.8) is 0 Å². The summed E-state index contributed by atoms with van der Waals surface area (Å²) in [7, 11) is 1.64. The summed E-state index contributed by atoms with van der Waals surface area (Å²) in [4.78, 5) is 26.5. The summed E-state index contributed by atoms with van der Waals surface area (Å²) < 4.78 is 27.7. The monoisotopic (exact) mass is 281 g/mol. The van der Waals surface area contributed by atoms with Crippen molar-refractivity contribution in [2.75, 3.05) is 5.32 Å². The highest BCUT2D eigenvalue weighted by atomic mass is 19.2. The number of aryl methyl sites for hydroxylation is 1. The molecule has 0 unspecified atom stereocenters. The standard InChI is InChI=1S/C12H9F2N3O3/c1-17-4-10(15-5-17)11(18)16-9-3-8(14)7(13)2-6(9)12(19)20/h2-5H,1H3,(H,16,18)(H,19,20). The lowest BCUT2D eigenvalue weighted by molar-refractivity contribution is 0.0697. The van der Waals surface area contributed by atoms with Gasteiger partial charge in [0, 0.05) is 19.3 Å². The lowest BCUT2D eigenvalue weighted by Gasteiger charge is -2.08. The minimum absolute atomic E-state index is 0.0218. The van der Waals surface area contributed by atoms with Gasteiger partial charge in [0.25, 0.3) is 5.91 Å². The number of rotatable bonds is 3. The first-order chi connectivity index (χ1) is 9.38. The smallest absolute Gasteiger partial charge is 0.337 e. The van der Waals surface area contributed by atoms with Crippen molar-refractivity contribution in [3.05, 3.63) is 47.5 Å². The average molecular weight is 281 g/mol. The van der Waals surface area contributed by atoms with Gasteiger partial charge in [0.15, 0.2) is 11.6 Å². The number of carbonyl (C=O) groups is 2. The second-order valence-corrected chi connectivity index (χ2v) is 4.00. The number of carboxylic acid groups (broad SMARTS) is 1. The van der Waals surface area contributed by atoms with Crippen molar-refractivity contribution in [2.45, 2.75) is 0 Å². The number of hydrogen-bond donors (Lipinski definition) is 2. The molecule has 6 nitrogen and oxygen atoms in total. The minimum Gasteiger partial charge on any atom is -0.478 e. The normalized spacial score (nSPS) is 10.3. The number of imidazole rings is 1. The second kappa shape index (κ2) is 5.08. The molecular weight excluding hydrogens is 272 g/mol. The molecule has 0 spiro atoms.